The first-order chi connectivity index (χ1) is 11.7. The Morgan fingerprint density at radius 2 is 1.71 bits per heavy atom. The third-order valence-corrected chi connectivity index (χ3v) is 4.47. The van der Waals surface area contributed by atoms with Crippen molar-refractivity contribution >= 4 is 10.8 Å². The van der Waals surface area contributed by atoms with Crippen LogP contribution in [0.2, 0.25) is 0 Å². The molecular formula is C22H22F2. The van der Waals surface area contributed by atoms with Gasteiger partial charge in [-0.15, -0.1) is 0 Å². The Bertz CT molecular complexity index is 836. The number of aryl methyl sites for hydroxylation is 1. The second kappa shape index (κ2) is 7.57. The molecule has 24 heavy (non-hydrogen) atoms. The SMILES string of the molecule is CCCCCCc1ccc2c(F)c(-c3cccc(F)c3)ccc2c1. The van der Waals surface area contributed by atoms with Gasteiger partial charge in [0.05, 0.1) is 0 Å². The van der Waals surface area contributed by atoms with Crippen LogP contribution in [0.3, 0.4) is 0 Å². The van der Waals surface area contributed by atoms with Crippen LogP contribution in [-0.4, -0.2) is 0 Å². The van der Waals surface area contributed by atoms with Gasteiger partial charge in [0.2, 0.25) is 0 Å². The number of rotatable bonds is 6. The molecule has 0 atom stereocenters. The van der Waals surface area contributed by atoms with Gasteiger partial charge in [-0.1, -0.05) is 68.7 Å². The van der Waals surface area contributed by atoms with Gasteiger partial charge in [-0.3, -0.25) is 0 Å². The van der Waals surface area contributed by atoms with Gasteiger partial charge in [-0.05, 0) is 41.5 Å². The average Bonchev–Trinajstić information content (AvgIpc) is 2.59. The average molecular weight is 324 g/mol. The lowest BCUT2D eigenvalue weighted by molar-refractivity contribution is 0.627. The summed E-state index contributed by atoms with van der Waals surface area (Å²) in [7, 11) is 0. The molecule has 0 saturated heterocycles. The summed E-state index contributed by atoms with van der Waals surface area (Å²) in [5.41, 5.74) is 2.26. The Morgan fingerprint density at radius 3 is 2.50 bits per heavy atom. The van der Waals surface area contributed by atoms with Gasteiger partial charge in [-0.2, -0.15) is 0 Å². The van der Waals surface area contributed by atoms with Crippen molar-refractivity contribution in [2.75, 3.05) is 0 Å². The molecule has 0 saturated carbocycles. The third-order valence-electron chi connectivity index (χ3n) is 4.47. The van der Waals surface area contributed by atoms with Crippen molar-refractivity contribution < 1.29 is 8.78 Å². The fourth-order valence-corrected chi connectivity index (χ4v) is 3.13. The van der Waals surface area contributed by atoms with Crippen LogP contribution in [0.25, 0.3) is 21.9 Å². The Hall–Kier alpha value is -2.22. The molecule has 0 spiro atoms. The highest BCUT2D eigenvalue weighted by Gasteiger charge is 2.10. The van der Waals surface area contributed by atoms with E-state index in [9.17, 15) is 8.78 Å². The van der Waals surface area contributed by atoms with Crippen LogP contribution in [0.5, 0.6) is 0 Å². The van der Waals surface area contributed by atoms with Crippen LogP contribution in [-0.2, 0) is 6.42 Å². The summed E-state index contributed by atoms with van der Waals surface area (Å²) in [6.45, 7) is 2.20. The van der Waals surface area contributed by atoms with Gasteiger partial charge in [0.1, 0.15) is 11.6 Å². The van der Waals surface area contributed by atoms with Crippen LogP contribution in [0.1, 0.15) is 38.2 Å². The predicted octanol–water partition coefficient (Wildman–Crippen LogP) is 6.91. The lowest BCUT2D eigenvalue weighted by Crippen LogP contribution is -1.90. The lowest BCUT2D eigenvalue weighted by atomic mass is 9.97. The van der Waals surface area contributed by atoms with E-state index in [1.165, 1.54) is 43.4 Å². The molecule has 0 heterocycles. The van der Waals surface area contributed by atoms with E-state index in [0.29, 0.717) is 16.5 Å². The first-order valence-corrected chi connectivity index (χ1v) is 8.66. The zero-order valence-corrected chi connectivity index (χ0v) is 14.0. The van der Waals surface area contributed by atoms with E-state index in [2.05, 4.69) is 13.0 Å². The molecule has 2 heteroatoms. The van der Waals surface area contributed by atoms with Gasteiger partial charge in [0.25, 0.3) is 0 Å². The van der Waals surface area contributed by atoms with Crippen molar-refractivity contribution in [2.24, 2.45) is 0 Å². The quantitative estimate of drug-likeness (QED) is 0.432. The molecule has 0 unspecified atom stereocenters. The van der Waals surface area contributed by atoms with Crippen LogP contribution < -0.4 is 0 Å². The molecule has 0 aromatic heterocycles. The first-order valence-electron chi connectivity index (χ1n) is 8.66. The minimum Gasteiger partial charge on any atom is -0.207 e. The highest BCUT2D eigenvalue weighted by atomic mass is 19.1. The van der Waals surface area contributed by atoms with E-state index in [4.69, 9.17) is 0 Å². The van der Waals surface area contributed by atoms with Gasteiger partial charge in [0.15, 0.2) is 0 Å². The smallest absolute Gasteiger partial charge is 0.138 e. The largest absolute Gasteiger partial charge is 0.207 e. The fraction of sp³-hybridized carbons (Fsp3) is 0.273. The van der Waals surface area contributed by atoms with Crippen molar-refractivity contribution in [3.8, 4) is 11.1 Å². The van der Waals surface area contributed by atoms with Crippen LogP contribution >= 0.6 is 0 Å². The number of unbranched alkanes of at least 4 members (excludes halogenated alkanes) is 3. The maximum atomic E-state index is 14.8. The van der Waals surface area contributed by atoms with Gasteiger partial charge >= 0.3 is 0 Å². The van der Waals surface area contributed by atoms with E-state index in [1.54, 1.807) is 18.2 Å². The zero-order valence-electron chi connectivity index (χ0n) is 14.0. The molecular weight excluding hydrogens is 302 g/mol. The van der Waals surface area contributed by atoms with E-state index in [1.807, 2.05) is 18.2 Å². The molecule has 0 radical (unpaired) electrons. The minimum atomic E-state index is -0.352. The van der Waals surface area contributed by atoms with E-state index in [0.717, 1.165) is 11.8 Å². The lowest BCUT2D eigenvalue weighted by Gasteiger charge is -2.09. The number of hydrogen-bond acceptors (Lipinski definition) is 0. The summed E-state index contributed by atoms with van der Waals surface area (Å²) >= 11 is 0. The monoisotopic (exact) mass is 324 g/mol. The molecule has 3 aromatic carbocycles. The molecule has 0 aliphatic heterocycles. The molecule has 3 rings (SSSR count). The topological polar surface area (TPSA) is 0 Å². The van der Waals surface area contributed by atoms with Gasteiger partial charge in [0, 0.05) is 10.9 Å². The van der Waals surface area contributed by atoms with Gasteiger partial charge < -0.3 is 0 Å². The third kappa shape index (κ3) is 3.64. The number of hydrogen-bond donors (Lipinski definition) is 0. The second-order valence-electron chi connectivity index (χ2n) is 6.30. The van der Waals surface area contributed by atoms with Crippen molar-refractivity contribution in [3.63, 3.8) is 0 Å². The van der Waals surface area contributed by atoms with Crippen molar-refractivity contribution in [1.29, 1.82) is 0 Å². The summed E-state index contributed by atoms with van der Waals surface area (Å²) in [4.78, 5) is 0. The summed E-state index contributed by atoms with van der Waals surface area (Å²) in [6.07, 6.45) is 5.93. The second-order valence-corrected chi connectivity index (χ2v) is 6.30. The molecule has 124 valence electrons. The molecule has 0 amide bonds. The van der Waals surface area contributed by atoms with Crippen LogP contribution in [0, 0.1) is 11.6 Å². The summed E-state index contributed by atoms with van der Waals surface area (Å²) in [5, 5.41) is 1.50. The Balaban J connectivity index is 1.89. The van der Waals surface area contributed by atoms with E-state index < -0.39 is 0 Å². The Labute approximate surface area is 142 Å². The number of fused-ring (bicyclic) bond motifs is 1. The highest BCUT2D eigenvalue weighted by Crippen LogP contribution is 2.30. The van der Waals surface area contributed by atoms with Crippen LogP contribution in [0.15, 0.2) is 54.6 Å². The summed E-state index contributed by atoms with van der Waals surface area (Å²) in [6, 6.07) is 15.7. The van der Waals surface area contributed by atoms with Crippen molar-refractivity contribution in [3.05, 3.63) is 71.8 Å². The maximum Gasteiger partial charge on any atom is 0.138 e. The standard InChI is InChI=1S/C22H22F2/c1-2-3-4-5-7-16-10-12-20-18(14-16)11-13-21(22(20)24)17-8-6-9-19(23)15-17/h6,8-15H,2-5,7H2,1H3. The predicted molar refractivity (Wildman–Crippen MR) is 97.1 cm³/mol. The zero-order chi connectivity index (χ0) is 16.9. The first kappa shape index (κ1) is 16.6. The van der Waals surface area contributed by atoms with Gasteiger partial charge in [-0.25, -0.2) is 8.78 Å². The minimum absolute atomic E-state index is 0.282. The molecule has 0 fully saturated rings. The fourth-order valence-electron chi connectivity index (χ4n) is 3.13. The molecule has 0 bridgehead atoms. The highest BCUT2D eigenvalue weighted by molar-refractivity contribution is 5.88. The maximum absolute atomic E-state index is 14.8. The van der Waals surface area contributed by atoms with Crippen LogP contribution in [0.4, 0.5) is 8.78 Å². The molecule has 0 N–H and O–H groups in total. The van der Waals surface area contributed by atoms with Crippen molar-refractivity contribution in [2.45, 2.75) is 39.0 Å². The van der Waals surface area contributed by atoms with Crippen molar-refractivity contribution in [1.82, 2.24) is 0 Å². The molecule has 0 aliphatic rings. The number of halogens is 2. The molecule has 3 aromatic rings. The Kier molecular flexibility index (Phi) is 5.24. The molecule has 0 nitrogen and oxygen atoms in total. The van der Waals surface area contributed by atoms with E-state index >= 15 is 0 Å². The van der Waals surface area contributed by atoms with E-state index in [-0.39, 0.29) is 11.6 Å². The summed E-state index contributed by atoms with van der Waals surface area (Å²) in [5.74, 6) is -0.634. The normalized spacial score (nSPS) is 11.1. The summed E-state index contributed by atoms with van der Waals surface area (Å²) < 4.78 is 28.3. The molecule has 0 aliphatic carbocycles. The Morgan fingerprint density at radius 1 is 0.833 bits per heavy atom. The number of benzene rings is 3.